The number of carboxylic acid groups (broad SMARTS) is 1. The third-order valence-electron chi connectivity index (χ3n) is 6.84. The van der Waals surface area contributed by atoms with Gasteiger partial charge in [0.15, 0.2) is 0 Å². The number of carbonyl (C=O) groups is 3. The van der Waals surface area contributed by atoms with Gasteiger partial charge in [0.1, 0.15) is 11.6 Å². The van der Waals surface area contributed by atoms with Gasteiger partial charge in [-0.15, -0.1) is 6.58 Å². The summed E-state index contributed by atoms with van der Waals surface area (Å²) in [6.45, 7) is 4.19. The van der Waals surface area contributed by atoms with Crippen LogP contribution < -0.4 is 4.90 Å². The molecule has 2 bridgehead atoms. The van der Waals surface area contributed by atoms with Gasteiger partial charge in [-0.25, -0.2) is 0 Å². The summed E-state index contributed by atoms with van der Waals surface area (Å²) in [4.78, 5) is 42.5. The fraction of sp³-hybridized carbons (Fsp3) is 0.522. The van der Waals surface area contributed by atoms with Gasteiger partial charge in [-0.1, -0.05) is 17.7 Å². The number of ether oxygens (including phenoxy) is 1. The Morgan fingerprint density at radius 2 is 2.03 bits per heavy atom. The Balaban J connectivity index is 1.74. The van der Waals surface area contributed by atoms with E-state index < -0.39 is 35.6 Å². The molecule has 0 aromatic heterocycles. The van der Waals surface area contributed by atoms with Gasteiger partial charge in [-0.2, -0.15) is 0 Å². The number of aliphatic carboxylic acids is 1. The van der Waals surface area contributed by atoms with Crippen LogP contribution in [0.1, 0.15) is 25.7 Å². The Kier molecular flexibility index (Phi) is 6.29. The molecule has 2 N–H and O–H groups in total. The molecule has 4 rings (SSSR count). The smallest absolute Gasteiger partial charge is 0.310 e. The Labute approximate surface area is 191 Å². The number of amides is 2. The van der Waals surface area contributed by atoms with Gasteiger partial charge in [0.05, 0.1) is 17.9 Å². The monoisotopic (exact) mass is 462 g/mol. The van der Waals surface area contributed by atoms with Crippen LogP contribution in [0.4, 0.5) is 5.69 Å². The van der Waals surface area contributed by atoms with Crippen LogP contribution >= 0.6 is 11.6 Å². The summed E-state index contributed by atoms with van der Waals surface area (Å²) in [5.41, 5.74) is -0.559. The average molecular weight is 463 g/mol. The van der Waals surface area contributed by atoms with Crippen molar-refractivity contribution in [3.63, 3.8) is 0 Å². The van der Waals surface area contributed by atoms with Gasteiger partial charge in [-0.3, -0.25) is 14.4 Å². The molecule has 1 aromatic rings. The zero-order valence-corrected chi connectivity index (χ0v) is 18.4. The number of carbonyl (C=O) groups excluding carboxylic acids is 2. The predicted molar refractivity (Wildman–Crippen MR) is 117 cm³/mol. The standard InChI is InChI=1S/C23H27ClN2O6/c1-2-11-25(15-7-5-14(24)6-8-15)21(29)19-23-10-9-16(32-23)17(22(30)31)18(23)20(28)26(19)12-3-4-13-27/h2,5-8,16-19,27H,1,3-4,9-13H2,(H,30,31)/t16-,17+,18+,19-,23+/m1/s1. The van der Waals surface area contributed by atoms with Crippen LogP contribution in [0, 0.1) is 11.8 Å². The third-order valence-corrected chi connectivity index (χ3v) is 7.09. The molecule has 5 atom stereocenters. The summed E-state index contributed by atoms with van der Waals surface area (Å²) in [6, 6.07) is 5.86. The van der Waals surface area contributed by atoms with Crippen LogP contribution in [0.2, 0.25) is 5.02 Å². The van der Waals surface area contributed by atoms with Crippen molar-refractivity contribution >= 4 is 35.1 Å². The number of likely N-dealkylation sites (tertiary alicyclic amines) is 1. The molecule has 1 aromatic carbocycles. The lowest BCUT2D eigenvalue weighted by atomic mass is 9.70. The highest BCUT2D eigenvalue weighted by molar-refractivity contribution is 6.30. The van der Waals surface area contributed by atoms with E-state index >= 15 is 0 Å². The van der Waals surface area contributed by atoms with Crippen LogP contribution in [0.3, 0.4) is 0 Å². The van der Waals surface area contributed by atoms with Crippen molar-refractivity contribution in [1.82, 2.24) is 4.90 Å². The Hall–Kier alpha value is -2.42. The zero-order chi connectivity index (χ0) is 23.0. The molecule has 172 valence electrons. The highest BCUT2D eigenvalue weighted by Gasteiger charge is 2.74. The number of rotatable bonds is 9. The number of hydrogen-bond donors (Lipinski definition) is 2. The molecular formula is C23H27ClN2O6. The third kappa shape index (κ3) is 3.50. The van der Waals surface area contributed by atoms with Gasteiger partial charge < -0.3 is 24.7 Å². The van der Waals surface area contributed by atoms with Crippen molar-refractivity contribution in [2.45, 2.75) is 43.4 Å². The van der Waals surface area contributed by atoms with Crippen molar-refractivity contribution in [3.05, 3.63) is 41.9 Å². The molecule has 3 aliphatic heterocycles. The quantitative estimate of drug-likeness (QED) is 0.430. The first-order chi connectivity index (χ1) is 15.4. The first-order valence-corrected chi connectivity index (χ1v) is 11.2. The van der Waals surface area contributed by atoms with Crippen LogP contribution in [-0.4, -0.2) is 70.3 Å². The molecule has 0 saturated carbocycles. The van der Waals surface area contributed by atoms with Crippen LogP contribution in [0.15, 0.2) is 36.9 Å². The lowest BCUT2D eigenvalue weighted by Gasteiger charge is -2.36. The number of carboxylic acids is 1. The van der Waals surface area contributed by atoms with E-state index in [0.717, 1.165) is 0 Å². The van der Waals surface area contributed by atoms with Crippen molar-refractivity contribution in [3.8, 4) is 0 Å². The molecule has 1 spiro atoms. The number of benzene rings is 1. The second-order valence-corrected chi connectivity index (χ2v) is 9.01. The second-order valence-electron chi connectivity index (χ2n) is 8.57. The van der Waals surface area contributed by atoms with E-state index in [1.54, 1.807) is 30.3 Å². The van der Waals surface area contributed by atoms with Crippen LogP contribution in [-0.2, 0) is 19.1 Å². The SMILES string of the molecule is C=CCN(C(=O)[C@H]1N(CCCCO)C(=O)[C@@H]2[C@@H](C(=O)O)[C@H]3CC[C@]21O3)c1ccc(Cl)cc1. The van der Waals surface area contributed by atoms with Crippen molar-refractivity contribution < 1.29 is 29.3 Å². The largest absolute Gasteiger partial charge is 0.481 e. The lowest BCUT2D eigenvalue weighted by molar-refractivity contribution is -0.149. The Morgan fingerprint density at radius 3 is 2.66 bits per heavy atom. The number of halogens is 1. The molecular weight excluding hydrogens is 436 g/mol. The first kappa shape index (κ1) is 22.8. The van der Waals surface area contributed by atoms with E-state index in [1.165, 1.54) is 9.80 Å². The lowest BCUT2D eigenvalue weighted by Crippen LogP contribution is -2.56. The van der Waals surface area contributed by atoms with E-state index in [1.807, 2.05) is 0 Å². The van der Waals surface area contributed by atoms with Crippen molar-refractivity contribution in [2.75, 3.05) is 24.6 Å². The number of unbranched alkanes of at least 4 members (excludes halogenated alkanes) is 1. The van der Waals surface area contributed by atoms with Crippen molar-refractivity contribution in [2.24, 2.45) is 11.8 Å². The van der Waals surface area contributed by atoms with E-state index in [2.05, 4.69) is 6.58 Å². The predicted octanol–water partition coefficient (Wildman–Crippen LogP) is 2.09. The molecule has 3 fully saturated rings. The van der Waals surface area contributed by atoms with E-state index in [9.17, 15) is 24.6 Å². The van der Waals surface area contributed by atoms with E-state index in [0.29, 0.717) is 36.4 Å². The van der Waals surface area contributed by atoms with E-state index in [-0.39, 0.29) is 31.5 Å². The fourth-order valence-corrected chi connectivity index (χ4v) is 5.69. The fourth-order valence-electron chi connectivity index (χ4n) is 5.57. The van der Waals surface area contributed by atoms with Crippen molar-refractivity contribution in [1.29, 1.82) is 0 Å². The topological polar surface area (TPSA) is 107 Å². The molecule has 2 amide bonds. The normalized spacial score (nSPS) is 30.4. The minimum Gasteiger partial charge on any atom is -0.481 e. The van der Waals surface area contributed by atoms with Crippen LogP contribution in [0.5, 0.6) is 0 Å². The molecule has 0 aliphatic carbocycles. The highest BCUT2D eigenvalue weighted by Crippen LogP contribution is 2.58. The maximum absolute atomic E-state index is 14.0. The molecule has 9 heteroatoms. The summed E-state index contributed by atoms with van der Waals surface area (Å²) in [7, 11) is 0. The minimum absolute atomic E-state index is 0.0289. The zero-order valence-electron chi connectivity index (χ0n) is 17.7. The average Bonchev–Trinajstić information content (AvgIpc) is 3.40. The number of hydrogen-bond acceptors (Lipinski definition) is 5. The number of aliphatic hydroxyl groups is 1. The number of fused-ring (bicyclic) bond motifs is 1. The molecule has 0 radical (unpaired) electrons. The molecule has 8 nitrogen and oxygen atoms in total. The van der Waals surface area contributed by atoms with Crippen LogP contribution in [0.25, 0.3) is 0 Å². The van der Waals surface area contributed by atoms with Gasteiger partial charge >= 0.3 is 5.97 Å². The summed E-state index contributed by atoms with van der Waals surface area (Å²) >= 11 is 6.01. The molecule has 3 aliphatic rings. The second kappa shape index (κ2) is 8.84. The molecule has 0 unspecified atom stereocenters. The molecule has 3 saturated heterocycles. The maximum atomic E-state index is 14.0. The van der Waals surface area contributed by atoms with Gasteiger partial charge in [0.2, 0.25) is 5.91 Å². The van der Waals surface area contributed by atoms with E-state index in [4.69, 9.17) is 16.3 Å². The first-order valence-electron chi connectivity index (χ1n) is 10.9. The van der Waals surface area contributed by atoms with Gasteiger partial charge in [0, 0.05) is 30.4 Å². The molecule has 3 heterocycles. The number of anilines is 1. The van der Waals surface area contributed by atoms with Gasteiger partial charge in [0.25, 0.3) is 5.91 Å². The molecule has 32 heavy (non-hydrogen) atoms. The Bertz CT molecular complexity index is 922. The summed E-state index contributed by atoms with van der Waals surface area (Å²) in [5.74, 6) is -3.61. The minimum atomic E-state index is -1.16. The highest BCUT2D eigenvalue weighted by atomic mass is 35.5. The van der Waals surface area contributed by atoms with Gasteiger partial charge in [-0.05, 0) is 49.9 Å². The summed E-state index contributed by atoms with van der Waals surface area (Å²) < 4.78 is 6.19. The Morgan fingerprint density at radius 1 is 1.31 bits per heavy atom. The maximum Gasteiger partial charge on any atom is 0.310 e. The summed E-state index contributed by atoms with van der Waals surface area (Å²) in [5, 5.41) is 19.5. The summed E-state index contributed by atoms with van der Waals surface area (Å²) in [6.07, 6.45) is 2.95. The number of aliphatic hydroxyl groups excluding tert-OH is 1. The number of nitrogens with zero attached hydrogens (tertiary/aromatic N) is 2.